The van der Waals surface area contributed by atoms with Crippen LogP contribution >= 0.6 is 0 Å². The third kappa shape index (κ3) is 3.75. The fourth-order valence-corrected chi connectivity index (χ4v) is 3.66. The van der Waals surface area contributed by atoms with E-state index in [2.05, 4.69) is 4.72 Å². The monoisotopic (exact) mass is 294 g/mol. The molecule has 0 aliphatic carbocycles. The quantitative estimate of drug-likeness (QED) is 0.670. The summed E-state index contributed by atoms with van der Waals surface area (Å²) in [6.45, 7) is 0.217. The summed E-state index contributed by atoms with van der Waals surface area (Å²) in [5, 5.41) is 4.96. The zero-order valence-electron chi connectivity index (χ0n) is 9.66. The first-order chi connectivity index (χ1) is 8.29. The summed E-state index contributed by atoms with van der Waals surface area (Å²) in [6.07, 6.45) is 0. The van der Waals surface area contributed by atoms with Gasteiger partial charge in [-0.15, -0.1) is 0 Å². The molecular formula is C9H14N2O5S2. The summed E-state index contributed by atoms with van der Waals surface area (Å²) in [4.78, 5) is -0.807. The number of rotatable bonds is 6. The first kappa shape index (κ1) is 15.1. The van der Waals surface area contributed by atoms with Gasteiger partial charge in [-0.05, 0) is 12.1 Å². The van der Waals surface area contributed by atoms with Crippen molar-refractivity contribution in [2.24, 2.45) is 5.14 Å². The van der Waals surface area contributed by atoms with Crippen LogP contribution in [0.5, 0.6) is 0 Å². The Morgan fingerprint density at radius 1 is 1.17 bits per heavy atom. The summed E-state index contributed by atoms with van der Waals surface area (Å²) in [7, 11) is -6.61. The summed E-state index contributed by atoms with van der Waals surface area (Å²) < 4.78 is 53.3. The van der Waals surface area contributed by atoms with Crippen molar-refractivity contribution in [3.05, 3.63) is 24.3 Å². The average molecular weight is 294 g/mol. The Bertz CT molecular complexity index is 610. The van der Waals surface area contributed by atoms with E-state index in [0.29, 0.717) is 0 Å². The lowest BCUT2D eigenvalue weighted by molar-refractivity contribution is 0.204. The second-order valence-electron chi connectivity index (χ2n) is 3.38. The van der Waals surface area contributed by atoms with Crippen LogP contribution in [0.1, 0.15) is 0 Å². The second kappa shape index (κ2) is 5.76. The van der Waals surface area contributed by atoms with Gasteiger partial charge in [0.05, 0.1) is 6.61 Å². The molecule has 0 saturated heterocycles. The minimum atomic E-state index is -4.10. The fraction of sp³-hybridized carbons (Fsp3) is 0.333. The molecule has 0 radical (unpaired) electrons. The van der Waals surface area contributed by atoms with Gasteiger partial charge < -0.3 is 4.74 Å². The molecular weight excluding hydrogens is 280 g/mol. The Labute approximate surface area is 106 Å². The van der Waals surface area contributed by atoms with Crippen LogP contribution in [0.15, 0.2) is 34.1 Å². The molecule has 0 unspecified atom stereocenters. The van der Waals surface area contributed by atoms with E-state index in [-0.39, 0.29) is 18.0 Å². The average Bonchev–Trinajstić information content (AvgIpc) is 2.28. The number of nitrogens with one attached hydrogen (secondary N) is 1. The number of benzene rings is 1. The number of methoxy groups -OCH3 is 1. The van der Waals surface area contributed by atoms with E-state index in [1.165, 1.54) is 25.3 Å². The molecule has 0 atom stereocenters. The highest BCUT2D eigenvalue weighted by molar-refractivity contribution is 7.92. The van der Waals surface area contributed by atoms with Gasteiger partial charge in [0, 0.05) is 13.7 Å². The minimum Gasteiger partial charge on any atom is -0.383 e. The smallest absolute Gasteiger partial charge is 0.241 e. The molecule has 0 spiro atoms. The number of primary sulfonamides is 1. The maximum Gasteiger partial charge on any atom is 0.241 e. The molecule has 9 heteroatoms. The van der Waals surface area contributed by atoms with Gasteiger partial charge in [-0.3, -0.25) is 0 Å². The van der Waals surface area contributed by atoms with Crippen LogP contribution in [0.3, 0.4) is 0 Å². The van der Waals surface area contributed by atoms with Crippen molar-refractivity contribution < 1.29 is 21.6 Å². The third-order valence-electron chi connectivity index (χ3n) is 2.04. The summed E-state index contributed by atoms with van der Waals surface area (Å²) in [5.41, 5.74) is 0. The number of sulfonamides is 2. The Hall–Kier alpha value is -1.00. The van der Waals surface area contributed by atoms with E-state index in [1.807, 2.05) is 0 Å². The predicted molar refractivity (Wildman–Crippen MR) is 64.9 cm³/mol. The lowest BCUT2D eigenvalue weighted by atomic mass is 10.4. The molecule has 1 aromatic rings. The van der Waals surface area contributed by atoms with E-state index in [1.54, 1.807) is 0 Å². The lowest BCUT2D eigenvalue weighted by Gasteiger charge is -2.09. The van der Waals surface area contributed by atoms with Gasteiger partial charge in [0.25, 0.3) is 0 Å². The van der Waals surface area contributed by atoms with Gasteiger partial charge in [0.2, 0.25) is 20.0 Å². The highest BCUT2D eigenvalue weighted by Gasteiger charge is 2.23. The highest BCUT2D eigenvalue weighted by atomic mass is 32.2. The Kier molecular flexibility index (Phi) is 4.82. The molecule has 7 nitrogen and oxygen atoms in total. The van der Waals surface area contributed by atoms with Crippen molar-refractivity contribution >= 4 is 20.0 Å². The molecule has 102 valence electrons. The van der Waals surface area contributed by atoms with E-state index in [0.717, 1.165) is 6.07 Å². The molecule has 1 aromatic carbocycles. The van der Waals surface area contributed by atoms with Crippen LogP contribution in [-0.2, 0) is 24.8 Å². The molecule has 3 N–H and O–H groups in total. The topological polar surface area (TPSA) is 116 Å². The van der Waals surface area contributed by atoms with Crippen molar-refractivity contribution in [2.75, 3.05) is 20.3 Å². The summed E-state index contributed by atoms with van der Waals surface area (Å²) >= 11 is 0. The molecule has 0 heterocycles. The number of nitrogens with two attached hydrogens (primary N) is 1. The number of hydrogen-bond acceptors (Lipinski definition) is 5. The van der Waals surface area contributed by atoms with Crippen molar-refractivity contribution in [3.63, 3.8) is 0 Å². The van der Waals surface area contributed by atoms with Crippen molar-refractivity contribution in [1.29, 1.82) is 0 Å². The van der Waals surface area contributed by atoms with Crippen LogP contribution < -0.4 is 9.86 Å². The maximum atomic E-state index is 11.9. The predicted octanol–water partition coefficient (Wildman–Crippen LogP) is -0.741. The second-order valence-corrected chi connectivity index (χ2v) is 6.65. The lowest BCUT2D eigenvalue weighted by Crippen LogP contribution is -2.29. The third-order valence-corrected chi connectivity index (χ3v) is 4.66. The van der Waals surface area contributed by atoms with E-state index < -0.39 is 24.9 Å². The molecule has 0 amide bonds. The van der Waals surface area contributed by atoms with Crippen LogP contribution in [0, 0.1) is 0 Å². The Morgan fingerprint density at radius 3 is 2.22 bits per heavy atom. The number of ether oxygens (including phenoxy) is 1. The van der Waals surface area contributed by atoms with Crippen molar-refractivity contribution in [1.82, 2.24) is 4.72 Å². The van der Waals surface area contributed by atoms with Crippen LogP contribution in [0.4, 0.5) is 0 Å². The van der Waals surface area contributed by atoms with Gasteiger partial charge in [-0.25, -0.2) is 26.7 Å². The zero-order valence-corrected chi connectivity index (χ0v) is 11.3. The molecule has 0 fully saturated rings. The van der Waals surface area contributed by atoms with Crippen LogP contribution in [0.2, 0.25) is 0 Å². The Balaban J connectivity index is 3.18. The molecule has 0 aliphatic rings. The Morgan fingerprint density at radius 2 is 1.72 bits per heavy atom. The van der Waals surface area contributed by atoms with Crippen LogP contribution in [-0.4, -0.2) is 37.1 Å². The molecule has 18 heavy (non-hydrogen) atoms. The van der Waals surface area contributed by atoms with Crippen LogP contribution in [0.25, 0.3) is 0 Å². The van der Waals surface area contributed by atoms with E-state index in [9.17, 15) is 16.8 Å². The molecule has 1 rings (SSSR count). The molecule has 0 aromatic heterocycles. The largest absolute Gasteiger partial charge is 0.383 e. The molecule has 0 aliphatic heterocycles. The van der Waals surface area contributed by atoms with Gasteiger partial charge in [-0.1, -0.05) is 12.1 Å². The summed E-state index contributed by atoms with van der Waals surface area (Å²) in [6, 6.07) is 5.13. The van der Waals surface area contributed by atoms with Gasteiger partial charge in [-0.2, -0.15) is 0 Å². The fourth-order valence-electron chi connectivity index (χ4n) is 1.26. The number of hydrogen-bond donors (Lipinski definition) is 2. The van der Waals surface area contributed by atoms with Gasteiger partial charge >= 0.3 is 0 Å². The normalized spacial score (nSPS) is 12.6. The van der Waals surface area contributed by atoms with E-state index in [4.69, 9.17) is 9.88 Å². The standard InChI is InChI=1S/C9H14N2O5S2/c1-16-7-6-11-18(14,15)9-5-3-2-4-8(9)17(10,12)13/h2-5,11H,6-7H2,1H3,(H2,10,12,13). The summed E-state index contributed by atoms with van der Waals surface area (Å²) in [5.74, 6) is 0. The van der Waals surface area contributed by atoms with Gasteiger partial charge in [0.15, 0.2) is 0 Å². The van der Waals surface area contributed by atoms with Gasteiger partial charge in [0.1, 0.15) is 9.79 Å². The molecule has 0 saturated carbocycles. The zero-order chi connectivity index (χ0) is 13.8. The highest BCUT2D eigenvalue weighted by Crippen LogP contribution is 2.18. The molecule has 0 bridgehead atoms. The first-order valence-electron chi connectivity index (χ1n) is 4.89. The van der Waals surface area contributed by atoms with Crippen molar-refractivity contribution in [3.8, 4) is 0 Å². The first-order valence-corrected chi connectivity index (χ1v) is 7.92. The maximum absolute atomic E-state index is 11.9. The van der Waals surface area contributed by atoms with Crippen molar-refractivity contribution in [2.45, 2.75) is 9.79 Å². The van der Waals surface area contributed by atoms with E-state index >= 15 is 0 Å². The minimum absolute atomic E-state index is 0.0395. The SMILES string of the molecule is COCCNS(=O)(=O)c1ccccc1S(N)(=O)=O.